The Labute approximate surface area is 196 Å². The van der Waals surface area contributed by atoms with E-state index in [0.29, 0.717) is 24.5 Å². The van der Waals surface area contributed by atoms with Crippen LogP contribution in [0.3, 0.4) is 0 Å². The highest BCUT2D eigenvalue weighted by molar-refractivity contribution is 6.18. The first-order valence-corrected chi connectivity index (χ1v) is 11.5. The molecule has 0 bridgehead atoms. The van der Waals surface area contributed by atoms with Crippen molar-refractivity contribution in [2.24, 2.45) is 5.92 Å². The summed E-state index contributed by atoms with van der Waals surface area (Å²) in [4.78, 5) is 39.6. The van der Waals surface area contributed by atoms with E-state index in [1.807, 2.05) is 12.1 Å². The van der Waals surface area contributed by atoms with Crippen LogP contribution < -0.4 is 4.74 Å². The molecular weight excluding hydrogens is 422 g/mol. The Morgan fingerprint density at radius 3 is 2.55 bits per heavy atom. The van der Waals surface area contributed by atoms with Crippen molar-refractivity contribution in [3.63, 3.8) is 0 Å². The largest absolute Gasteiger partial charge is 0.493 e. The van der Waals surface area contributed by atoms with Crippen LogP contribution in [-0.4, -0.2) is 54.9 Å². The number of hydrogen-bond donors (Lipinski definition) is 0. The molecule has 33 heavy (non-hydrogen) atoms. The third kappa shape index (κ3) is 5.64. The molecule has 0 amide bonds. The first kappa shape index (κ1) is 25.0. The second-order valence-electron chi connectivity index (χ2n) is 10.1. The standard InChI is InChI=1S/C26H35NO6/c1-16(2)21-11-17-12-24(32-9-7-8-31-6)18(15-28)10-19(17)22-13-23(29)20(14-27(21)22)25(30)33-26(3,4)5/h10,12,14-16,21-22H,7-9,11,13H2,1-6H3. The molecular formula is C26H35NO6. The molecule has 2 aliphatic rings. The molecule has 0 saturated heterocycles. The number of esters is 1. The lowest BCUT2D eigenvalue weighted by Gasteiger charge is -2.47. The van der Waals surface area contributed by atoms with Gasteiger partial charge in [-0.15, -0.1) is 0 Å². The Kier molecular flexibility index (Phi) is 7.62. The van der Waals surface area contributed by atoms with Gasteiger partial charge in [0.15, 0.2) is 12.1 Å². The number of methoxy groups -OCH3 is 1. The van der Waals surface area contributed by atoms with Gasteiger partial charge in [0.25, 0.3) is 0 Å². The van der Waals surface area contributed by atoms with Crippen LogP contribution in [0.5, 0.6) is 5.75 Å². The van der Waals surface area contributed by atoms with Gasteiger partial charge in [0, 0.05) is 38.8 Å². The van der Waals surface area contributed by atoms with Crippen LogP contribution in [0.2, 0.25) is 0 Å². The molecule has 2 atom stereocenters. The molecule has 0 N–H and O–H groups in total. The van der Waals surface area contributed by atoms with E-state index in [0.717, 1.165) is 30.3 Å². The lowest BCUT2D eigenvalue weighted by atomic mass is 9.79. The van der Waals surface area contributed by atoms with Gasteiger partial charge in [0.1, 0.15) is 16.9 Å². The number of ketones is 1. The van der Waals surface area contributed by atoms with Gasteiger partial charge in [-0.05, 0) is 56.4 Å². The van der Waals surface area contributed by atoms with Crippen molar-refractivity contribution < 1.29 is 28.6 Å². The summed E-state index contributed by atoms with van der Waals surface area (Å²) in [5, 5.41) is 0. The Bertz CT molecular complexity index is 943. The second-order valence-corrected chi connectivity index (χ2v) is 10.1. The van der Waals surface area contributed by atoms with Crippen LogP contribution in [0.15, 0.2) is 23.9 Å². The molecule has 1 aromatic rings. The molecule has 3 rings (SSSR count). The number of aldehydes is 1. The lowest BCUT2D eigenvalue weighted by molar-refractivity contribution is -0.151. The zero-order valence-electron chi connectivity index (χ0n) is 20.5. The average molecular weight is 458 g/mol. The molecule has 0 radical (unpaired) electrons. The molecule has 7 heteroatoms. The van der Waals surface area contributed by atoms with Crippen molar-refractivity contribution in [2.45, 2.75) is 71.6 Å². The van der Waals surface area contributed by atoms with Crippen LogP contribution in [0.25, 0.3) is 0 Å². The molecule has 180 valence electrons. The van der Waals surface area contributed by atoms with E-state index in [2.05, 4.69) is 18.7 Å². The van der Waals surface area contributed by atoms with E-state index < -0.39 is 11.6 Å². The minimum atomic E-state index is -0.681. The summed E-state index contributed by atoms with van der Waals surface area (Å²) < 4.78 is 16.4. The number of ether oxygens (including phenoxy) is 3. The van der Waals surface area contributed by atoms with Gasteiger partial charge >= 0.3 is 5.97 Å². The third-order valence-corrected chi connectivity index (χ3v) is 6.03. The first-order chi connectivity index (χ1) is 15.6. The van der Waals surface area contributed by atoms with Crippen LogP contribution >= 0.6 is 0 Å². The van der Waals surface area contributed by atoms with Gasteiger partial charge in [-0.25, -0.2) is 4.79 Å². The zero-order chi connectivity index (χ0) is 24.3. The highest BCUT2D eigenvalue weighted by atomic mass is 16.6. The maximum absolute atomic E-state index is 13.0. The van der Waals surface area contributed by atoms with Crippen molar-refractivity contribution in [2.75, 3.05) is 20.3 Å². The van der Waals surface area contributed by atoms with E-state index >= 15 is 0 Å². The van der Waals surface area contributed by atoms with Gasteiger partial charge < -0.3 is 19.1 Å². The van der Waals surface area contributed by atoms with Crippen LogP contribution in [-0.2, 0) is 25.5 Å². The van der Waals surface area contributed by atoms with E-state index in [1.165, 1.54) is 0 Å². The van der Waals surface area contributed by atoms with Gasteiger partial charge in [-0.1, -0.05) is 13.8 Å². The predicted octanol–water partition coefficient (Wildman–Crippen LogP) is 4.04. The predicted molar refractivity (Wildman–Crippen MR) is 124 cm³/mol. The number of fused-ring (bicyclic) bond motifs is 3. The summed E-state index contributed by atoms with van der Waals surface area (Å²) in [6, 6.07) is 3.63. The van der Waals surface area contributed by atoms with E-state index in [9.17, 15) is 14.4 Å². The van der Waals surface area contributed by atoms with Crippen molar-refractivity contribution in [1.82, 2.24) is 4.90 Å². The Morgan fingerprint density at radius 1 is 1.21 bits per heavy atom. The summed E-state index contributed by atoms with van der Waals surface area (Å²) in [7, 11) is 1.64. The minimum absolute atomic E-state index is 0.0870. The fourth-order valence-corrected chi connectivity index (χ4v) is 4.46. The molecule has 0 aromatic heterocycles. The summed E-state index contributed by atoms with van der Waals surface area (Å²) in [5.41, 5.74) is 1.88. The normalized spacial score (nSPS) is 20.2. The number of carbonyl (C=O) groups excluding carboxylic acids is 3. The number of benzene rings is 1. The average Bonchev–Trinajstić information content (AvgIpc) is 2.73. The SMILES string of the molecule is COCCCOc1cc2c(cc1C=O)C1CC(=O)C(C(=O)OC(C)(C)C)=CN1C(C(C)C)C2. The van der Waals surface area contributed by atoms with Crippen molar-refractivity contribution in [3.8, 4) is 5.75 Å². The Hall–Kier alpha value is -2.67. The third-order valence-electron chi connectivity index (χ3n) is 6.03. The molecule has 0 aliphatic carbocycles. The molecule has 0 spiro atoms. The fourth-order valence-electron chi connectivity index (χ4n) is 4.46. The first-order valence-electron chi connectivity index (χ1n) is 11.5. The summed E-state index contributed by atoms with van der Waals surface area (Å²) >= 11 is 0. The minimum Gasteiger partial charge on any atom is -0.493 e. The van der Waals surface area contributed by atoms with E-state index in [4.69, 9.17) is 14.2 Å². The molecule has 0 saturated carbocycles. The monoisotopic (exact) mass is 457 g/mol. The number of hydrogen-bond acceptors (Lipinski definition) is 7. The van der Waals surface area contributed by atoms with Crippen LogP contribution in [0.4, 0.5) is 0 Å². The zero-order valence-corrected chi connectivity index (χ0v) is 20.5. The van der Waals surface area contributed by atoms with Crippen molar-refractivity contribution >= 4 is 18.0 Å². The quantitative estimate of drug-likeness (QED) is 0.252. The Morgan fingerprint density at radius 2 is 1.94 bits per heavy atom. The number of carbonyl (C=O) groups is 3. The van der Waals surface area contributed by atoms with Crippen molar-refractivity contribution in [3.05, 3.63) is 40.6 Å². The molecule has 2 unspecified atom stereocenters. The maximum Gasteiger partial charge on any atom is 0.343 e. The fraction of sp³-hybridized carbons (Fsp3) is 0.577. The number of Topliss-reactive ketones (excluding diaryl/α,β-unsaturated/α-hetero) is 1. The van der Waals surface area contributed by atoms with Crippen molar-refractivity contribution in [1.29, 1.82) is 0 Å². The second kappa shape index (κ2) is 10.1. The number of rotatable bonds is 8. The molecule has 0 fully saturated rings. The lowest BCUT2D eigenvalue weighted by Crippen LogP contribution is -2.47. The summed E-state index contributed by atoms with van der Waals surface area (Å²) in [6.45, 7) is 10.7. The van der Waals surface area contributed by atoms with Crippen LogP contribution in [0, 0.1) is 5.92 Å². The summed E-state index contributed by atoms with van der Waals surface area (Å²) in [5.74, 6) is 0.00535. The van der Waals surface area contributed by atoms with Gasteiger partial charge in [-0.2, -0.15) is 0 Å². The van der Waals surface area contributed by atoms with Gasteiger partial charge in [0.05, 0.1) is 18.2 Å². The number of nitrogens with zero attached hydrogens (tertiary/aromatic N) is 1. The molecule has 1 aromatic carbocycles. The van der Waals surface area contributed by atoms with E-state index in [-0.39, 0.29) is 35.8 Å². The van der Waals surface area contributed by atoms with E-state index in [1.54, 1.807) is 34.1 Å². The topological polar surface area (TPSA) is 82.1 Å². The highest BCUT2D eigenvalue weighted by Gasteiger charge is 2.41. The molecule has 7 nitrogen and oxygen atoms in total. The van der Waals surface area contributed by atoms with Gasteiger partial charge in [0.2, 0.25) is 0 Å². The summed E-state index contributed by atoms with van der Waals surface area (Å²) in [6.07, 6.45) is 4.08. The smallest absolute Gasteiger partial charge is 0.343 e. The molecule has 2 heterocycles. The molecule has 2 aliphatic heterocycles. The maximum atomic E-state index is 13.0. The Balaban J connectivity index is 1.98. The van der Waals surface area contributed by atoms with Crippen LogP contribution in [0.1, 0.15) is 75.0 Å². The highest BCUT2D eigenvalue weighted by Crippen LogP contribution is 2.43. The van der Waals surface area contributed by atoms with Gasteiger partial charge in [-0.3, -0.25) is 9.59 Å².